The molecule has 1 atom stereocenters. The molecule has 1 unspecified atom stereocenters. The van der Waals surface area contributed by atoms with Gasteiger partial charge in [-0.15, -0.1) is 0 Å². The molecule has 0 saturated heterocycles. The molecular formula is C14H31N3O. The van der Waals surface area contributed by atoms with Crippen LogP contribution in [0.5, 0.6) is 0 Å². The minimum atomic E-state index is 0.463. The summed E-state index contributed by atoms with van der Waals surface area (Å²) in [5.74, 6) is 1.65. The van der Waals surface area contributed by atoms with Gasteiger partial charge < -0.3 is 15.4 Å². The predicted molar refractivity (Wildman–Crippen MR) is 79.1 cm³/mol. The van der Waals surface area contributed by atoms with Crippen LogP contribution in [0.4, 0.5) is 0 Å². The molecule has 0 aliphatic carbocycles. The second-order valence-electron chi connectivity index (χ2n) is 5.07. The monoisotopic (exact) mass is 257 g/mol. The third-order valence-corrected chi connectivity index (χ3v) is 2.75. The SMILES string of the molecule is CCOCCCNC(=NC)NC(C)CCC(C)C. The first-order valence-electron chi connectivity index (χ1n) is 7.15. The molecule has 0 aromatic carbocycles. The van der Waals surface area contributed by atoms with E-state index < -0.39 is 0 Å². The van der Waals surface area contributed by atoms with E-state index in [2.05, 4.69) is 36.4 Å². The lowest BCUT2D eigenvalue weighted by molar-refractivity contribution is 0.145. The summed E-state index contributed by atoms with van der Waals surface area (Å²) in [4.78, 5) is 4.23. The van der Waals surface area contributed by atoms with E-state index in [1.165, 1.54) is 12.8 Å². The number of hydrogen-bond acceptors (Lipinski definition) is 2. The summed E-state index contributed by atoms with van der Waals surface area (Å²) in [6.45, 7) is 11.2. The van der Waals surface area contributed by atoms with E-state index in [1.54, 1.807) is 0 Å². The highest BCUT2D eigenvalue weighted by atomic mass is 16.5. The van der Waals surface area contributed by atoms with Crippen molar-refractivity contribution in [3.05, 3.63) is 0 Å². The fraction of sp³-hybridized carbons (Fsp3) is 0.929. The lowest BCUT2D eigenvalue weighted by Gasteiger charge is -2.18. The molecule has 4 nitrogen and oxygen atoms in total. The van der Waals surface area contributed by atoms with E-state index >= 15 is 0 Å². The average molecular weight is 257 g/mol. The van der Waals surface area contributed by atoms with Gasteiger partial charge >= 0.3 is 0 Å². The third-order valence-electron chi connectivity index (χ3n) is 2.75. The van der Waals surface area contributed by atoms with Crippen LogP contribution in [0.2, 0.25) is 0 Å². The Morgan fingerprint density at radius 1 is 1.22 bits per heavy atom. The van der Waals surface area contributed by atoms with Crippen molar-refractivity contribution >= 4 is 5.96 Å². The molecule has 2 N–H and O–H groups in total. The molecule has 0 aromatic heterocycles. The maximum absolute atomic E-state index is 5.29. The Bertz CT molecular complexity index is 217. The van der Waals surface area contributed by atoms with E-state index in [0.717, 1.165) is 38.1 Å². The summed E-state index contributed by atoms with van der Waals surface area (Å²) in [5, 5.41) is 6.72. The van der Waals surface area contributed by atoms with Gasteiger partial charge in [0.05, 0.1) is 0 Å². The molecule has 0 aliphatic heterocycles. The predicted octanol–water partition coefficient (Wildman–Crippen LogP) is 2.40. The first-order valence-corrected chi connectivity index (χ1v) is 7.15. The Labute approximate surface area is 113 Å². The Balaban J connectivity index is 3.69. The van der Waals surface area contributed by atoms with Gasteiger partial charge in [-0.05, 0) is 39.0 Å². The summed E-state index contributed by atoms with van der Waals surface area (Å²) in [5.41, 5.74) is 0. The second kappa shape index (κ2) is 11.3. The van der Waals surface area contributed by atoms with Crippen molar-refractivity contribution in [2.75, 3.05) is 26.8 Å². The lowest BCUT2D eigenvalue weighted by Crippen LogP contribution is -2.42. The zero-order valence-corrected chi connectivity index (χ0v) is 12.8. The van der Waals surface area contributed by atoms with Crippen molar-refractivity contribution < 1.29 is 4.74 Å². The van der Waals surface area contributed by atoms with Crippen LogP contribution in [0.15, 0.2) is 4.99 Å². The van der Waals surface area contributed by atoms with Crippen molar-refractivity contribution in [2.45, 2.75) is 53.0 Å². The molecule has 0 amide bonds. The zero-order chi connectivity index (χ0) is 13.8. The summed E-state index contributed by atoms with van der Waals surface area (Å²) in [7, 11) is 1.81. The standard InChI is InChI=1S/C14H31N3O/c1-6-18-11-7-10-16-14(15-5)17-13(4)9-8-12(2)3/h12-13H,6-11H2,1-5H3,(H2,15,16,17). The summed E-state index contributed by atoms with van der Waals surface area (Å²) >= 11 is 0. The van der Waals surface area contributed by atoms with Crippen LogP contribution in [0, 0.1) is 5.92 Å². The van der Waals surface area contributed by atoms with Gasteiger partial charge in [-0.25, -0.2) is 0 Å². The van der Waals surface area contributed by atoms with Gasteiger partial charge in [0, 0.05) is 32.8 Å². The number of ether oxygens (including phenoxy) is 1. The van der Waals surface area contributed by atoms with Gasteiger partial charge in [0.25, 0.3) is 0 Å². The van der Waals surface area contributed by atoms with Crippen molar-refractivity contribution in [1.29, 1.82) is 0 Å². The quantitative estimate of drug-likeness (QED) is 0.379. The van der Waals surface area contributed by atoms with Gasteiger partial charge in [0.2, 0.25) is 0 Å². The van der Waals surface area contributed by atoms with Crippen molar-refractivity contribution in [3.8, 4) is 0 Å². The third kappa shape index (κ3) is 10.4. The molecule has 0 spiro atoms. The molecule has 18 heavy (non-hydrogen) atoms. The molecule has 4 heteroatoms. The number of nitrogens with one attached hydrogen (secondary N) is 2. The van der Waals surface area contributed by atoms with Crippen LogP contribution in [-0.2, 0) is 4.74 Å². The van der Waals surface area contributed by atoms with Crippen LogP contribution in [-0.4, -0.2) is 38.8 Å². The number of aliphatic imine (C=N–C) groups is 1. The summed E-state index contributed by atoms with van der Waals surface area (Å²) in [6.07, 6.45) is 3.43. The zero-order valence-electron chi connectivity index (χ0n) is 12.8. The maximum atomic E-state index is 5.29. The summed E-state index contributed by atoms with van der Waals surface area (Å²) < 4.78 is 5.29. The van der Waals surface area contributed by atoms with Gasteiger partial charge in [-0.1, -0.05) is 13.8 Å². The van der Waals surface area contributed by atoms with Gasteiger partial charge in [0.1, 0.15) is 0 Å². The number of nitrogens with zero attached hydrogens (tertiary/aromatic N) is 1. The van der Waals surface area contributed by atoms with Crippen LogP contribution < -0.4 is 10.6 Å². The van der Waals surface area contributed by atoms with E-state index in [4.69, 9.17) is 4.74 Å². The molecule has 0 fully saturated rings. The van der Waals surface area contributed by atoms with Crippen LogP contribution in [0.25, 0.3) is 0 Å². The number of hydrogen-bond donors (Lipinski definition) is 2. The van der Waals surface area contributed by atoms with Crippen molar-refractivity contribution in [3.63, 3.8) is 0 Å². The highest BCUT2D eigenvalue weighted by Crippen LogP contribution is 2.06. The van der Waals surface area contributed by atoms with E-state index in [0.29, 0.717) is 6.04 Å². The Kier molecular flexibility index (Phi) is 10.8. The first kappa shape index (κ1) is 17.2. The Morgan fingerprint density at radius 3 is 2.50 bits per heavy atom. The maximum Gasteiger partial charge on any atom is 0.191 e. The van der Waals surface area contributed by atoms with Crippen molar-refractivity contribution in [2.24, 2.45) is 10.9 Å². The molecule has 0 radical (unpaired) electrons. The molecule has 0 aromatic rings. The largest absolute Gasteiger partial charge is 0.382 e. The second-order valence-corrected chi connectivity index (χ2v) is 5.07. The molecule has 0 saturated carbocycles. The van der Waals surface area contributed by atoms with Gasteiger partial charge in [0.15, 0.2) is 5.96 Å². The minimum absolute atomic E-state index is 0.463. The highest BCUT2D eigenvalue weighted by Gasteiger charge is 2.05. The fourth-order valence-electron chi connectivity index (χ4n) is 1.61. The molecule has 108 valence electrons. The molecule has 0 bridgehead atoms. The number of guanidine groups is 1. The average Bonchev–Trinajstić information content (AvgIpc) is 2.34. The highest BCUT2D eigenvalue weighted by molar-refractivity contribution is 5.79. The smallest absolute Gasteiger partial charge is 0.191 e. The topological polar surface area (TPSA) is 45.6 Å². The lowest BCUT2D eigenvalue weighted by atomic mass is 10.0. The van der Waals surface area contributed by atoms with Crippen LogP contribution in [0.3, 0.4) is 0 Å². The number of rotatable bonds is 9. The van der Waals surface area contributed by atoms with E-state index in [9.17, 15) is 0 Å². The van der Waals surface area contributed by atoms with Gasteiger partial charge in [-0.3, -0.25) is 4.99 Å². The normalized spacial score (nSPS) is 13.8. The fourth-order valence-corrected chi connectivity index (χ4v) is 1.61. The molecule has 0 heterocycles. The summed E-state index contributed by atoms with van der Waals surface area (Å²) in [6, 6.07) is 0.463. The Hall–Kier alpha value is -0.770. The Morgan fingerprint density at radius 2 is 1.94 bits per heavy atom. The van der Waals surface area contributed by atoms with Crippen molar-refractivity contribution in [1.82, 2.24) is 10.6 Å². The molecule has 0 rings (SSSR count). The van der Waals surface area contributed by atoms with E-state index in [-0.39, 0.29) is 0 Å². The molecule has 0 aliphatic rings. The molecular weight excluding hydrogens is 226 g/mol. The van der Waals surface area contributed by atoms with Gasteiger partial charge in [-0.2, -0.15) is 0 Å². The first-order chi connectivity index (χ1) is 8.60. The van der Waals surface area contributed by atoms with Crippen LogP contribution >= 0.6 is 0 Å². The van der Waals surface area contributed by atoms with Crippen LogP contribution in [0.1, 0.15) is 47.0 Å². The van der Waals surface area contributed by atoms with E-state index in [1.807, 2.05) is 14.0 Å². The minimum Gasteiger partial charge on any atom is -0.382 e.